The molecule has 0 saturated heterocycles. The van der Waals surface area contributed by atoms with Gasteiger partial charge in [0.2, 0.25) is 5.89 Å². The van der Waals surface area contributed by atoms with Gasteiger partial charge in [-0.1, -0.05) is 11.8 Å². The number of rotatable bonds is 5. The van der Waals surface area contributed by atoms with Crippen molar-refractivity contribution in [2.45, 2.75) is 19.1 Å². The predicted octanol–water partition coefficient (Wildman–Crippen LogP) is 3.78. The fourth-order valence-corrected chi connectivity index (χ4v) is 3.58. The van der Waals surface area contributed by atoms with Gasteiger partial charge in [0.05, 0.1) is 5.75 Å². The summed E-state index contributed by atoms with van der Waals surface area (Å²) in [6, 6.07) is 5.52. The molecule has 0 radical (unpaired) electrons. The first kappa shape index (κ1) is 14.9. The van der Waals surface area contributed by atoms with Crippen molar-refractivity contribution in [1.82, 2.24) is 15.2 Å². The average molecular weight is 331 g/mol. The Balaban J connectivity index is 1.66. The second kappa shape index (κ2) is 6.41. The SMILES string of the molecule is Cc1cc(C(=O)CSc2nnc(-c3ccncc3)o2)c(C)s1. The lowest BCUT2D eigenvalue weighted by atomic mass is 10.2. The van der Waals surface area contributed by atoms with Crippen LogP contribution in [0.3, 0.4) is 0 Å². The molecule has 112 valence electrons. The van der Waals surface area contributed by atoms with Gasteiger partial charge in [-0.05, 0) is 32.0 Å². The highest BCUT2D eigenvalue weighted by atomic mass is 32.2. The number of carbonyl (C=O) groups excluding carboxylic acids is 1. The first-order valence-electron chi connectivity index (χ1n) is 6.60. The van der Waals surface area contributed by atoms with Crippen LogP contribution in [0.2, 0.25) is 0 Å². The van der Waals surface area contributed by atoms with E-state index in [1.54, 1.807) is 35.9 Å². The van der Waals surface area contributed by atoms with E-state index in [9.17, 15) is 4.79 Å². The summed E-state index contributed by atoms with van der Waals surface area (Å²) >= 11 is 2.89. The second-order valence-corrected chi connectivity index (χ2v) is 7.03. The smallest absolute Gasteiger partial charge is 0.277 e. The van der Waals surface area contributed by atoms with Crippen LogP contribution in [0.4, 0.5) is 0 Å². The maximum Gasteiger partial charge on any atom is 0.277 e. The average Bonchev–Trinajstić information content (AvgIpc) is 3.12. The van der Waals surface area contributed by atoms with Crippen molar-refractivity contribution in [2.24, 2.45) is 0 Å². The molecule has 0 atom stereocenters. The minimum Gasteiger partial charge on any atom is -0.411 e. The number of aromatic nitrogens is 3. The van der Waals surface area contributed by atoms with E-state index in [0.29, 0.717) is 11.1 Å². The lowest BCUT2D eigenvalue weighted by molar-refractivity contribution is 0.102. The number of nitrogens with zero attached hydrogens (tertiary/aromatic N) is 3. The molecule has 0 aliphatic carbocycles. The Morgan fingerprint density at radius 2 is 2.05 bits per heavy atom. The van der Waals surface area contributed by atoms with Gasteiger partial charge >= 0.3 is 0 Å². The first-order valence-corrected chi connectivity index (χ1v) is 8.40. The number of hydrogen-bond acceptors (Lipinski definition) is 7. The zero-order valence-electron chi connectivity index (χ0n) is 12.1. The Kier molecular flexibility index (Phi) is 4.35. The number of thioether (sulfide) groups is 1. The van der Waals surface area contributed by atoms with Crippen LogP contribution in [0.25, 0.3) is 11.5 Å². The van der Waals surface area contributed by atoms with E-state index >= 15 is 0 Å². The molecule has 0 saturated carbocycles. The van der Waals surface area contributed by atoms with E-state index in [4.69, 9.17) is 4.42 Å². The number of carbonyl (C=O) groups is 1. The fraction of sp³-hybridized carbons (Fsp3) is 0.200. The zero-order chi connectivity index (χ0) is 15.5. The zero-order valence-corrected chi connectivity index (χ0v) is 13.7. The van der Waals surface area contributed by atoms with Gasteiger partial charge in [-0.15, -0.1) is 21.5 Å². The summed E-state index contributed by atoms with van der Waals surface area (Å²) in [5.41, 5.74) is 1.59. The molecule has 0 spiro atoms. The molecule has 0 fully saturated rings. The molecule has 3 rings (SSSR count). The standard InChI is InChI=1S/C15H13N3O2S2/c1-9-7-12(10(2)22-9)13(19)8-21-15-18-17-14(20-15)11-3-5-16-6-4-11/h3-7H,8H2,1-2H3. The normalized spacial score (nSPS) is 10.8. The van der Waals surface area contributed by atoms with Gasteiger partial charge in [0.15, 0.2) is 5.78 Å². The molecule has 0 N–H and O–H groups in total. The molecule has 0 unspecified atom stereocenters. The molecule has 3 heterocycles. The van der Waals surface area contributed by atoms with Gasteiger partial charge in [-0.2, -0.15) is 0 Å². The summed E-state index contributed by atoms with van der Waals surface area (Å²) in [6.07, 6.45) is 3.33. The molecule has 7 heteroatoms. The van der Waals surface area contributed by atoms with E-state index in [1.165, 1.54) is 11.8 Å². The highest BCUT2D eigenvalue weighted by molar-refractivity contribution is 7.99. The molecule has 0 aliphatic rings. The highest BCUT2D eigenvalue weighted by Crippen LogP contribution is 2.26. The van der Waals surface area contributed by atoms with Gasteiger partial charge in [0.1, 0.15) is 0 Å². The quantitative estimate of drug-likeness (QED) is 0.523. The highest BCUT2D eigenvalue weighted by Gasteiger charge is 2.15. The third-order valence-electron chi connectivity index (χ3n) is 3.00. The van der Waals surface area contributed by atoms with Crippen molar-refractivity contribution < 1.29 is 9.21 Å². The van der Waals surface area contributed by atoms with Crippen LogP contribution in [0.15, 0.2) is 40.2 Å². The maximum atomic E-state index is 12.2. The molecule has 5 nitrogen and oxygen atoms in total. The van der Waals surface area contributed by atoms with E-state index in [0.717, 1.165) is 20.9 Å². The lowest BCUT2D eigenvalue weighted by Crippen LogP contribution is -2.02. The molecular weight excluding hydrogens is 318 g/mol. The van der Waals surface area contributed by atoms with Crippen LogP contribution < -0.4 is 0 Å². The van der Waals surface area contributed by atoms with E-state index < -0.39 is 0 Å². The van der Waals surface area contributed by atoms with Gasteiger partial charge in [0.25, 0.3) is 5.22 Å². The van der Waals surface area contributed by atoms with Crippen molar-refractivity contribution >= 4 is 28.9 Å². The Labute approximate surface area is 135 Å². The third-order valence-corrected chi connectivity index (χ3v) is 4.79. The van der Waals surface area contributed by atoms with Crippen molar-refractivity contribution in [2.75, 3.05) is 5.75 Å². The van der Waals surface area contributed by atoms with Gasteiger partial charge < -0.3 is 4.42 Å². The Morgan fingerprint density at radius 3 is 2.73 bits per heavy atom. The Hall–Kier alpha value is -1.99. The number of thiophene rings is 1. The molecule has 22 heavy (non-hydrogen) atoms. The van der Waals surface area contributed by atoms with Crippen molar-refractivity contribution in [3.63, 3.8) is 0 Å². The van der Waals surface area contributed by atoms with Crippen molar-refractivity contribution in [3.8, 4) is 11.5 Å². The van der Waals surface area contributed by atoms with Crippen molar-refractivity contribution in [3.05, 3.63) is 45.9 Å². The summed E-state index contributed by atoms with van der Waals surface area (Å²) in [5, 5.41) is 8.34. The largest absolute Gasteiger partial charge is 0.411 e. The summed E-state index contributed by atoms with van der Waals surface area (Å²) in [5.74, 6) is 0.796. The minimum atomic E-state index is 0.0792. The molecule has 3 aromatic heterocycles. The van der Waals surface area contributed by atoms with Crippen LogP contribution in [0.5, 0.6) is 0 Å². The number of pyridine rings is 1. The summed E-state index contributed by atoms with van der Waals surface area (Å²) in [7, 11) is 0. The van der Waals surface area contributed by atoms with Crippen LogP contribution in [0, 0.1) is 13.8 Å². The predicted molar refractivity (Wildman–Crippen MR) is 86.4 cm³/mol. The monoisotopic (exact) mass is 331 g/mol. The third kappa shape index (κ3) is 3.26. The van der Waals surface area contributed by atoms with Crippen LogP contribution in [-0.4, -0.2) is 26.7 Å². The van der Waals surface area contributed by atoms with E-state index in [-0.39, 0.29) is 11.5 Å². The van der Waals surface area contributed by atoms with Crippen molar-refractivity contribution in [1.29, 1.82) is 0 Å². The summed E-state index contributed by atoms with van der Waals surface area (Å²) in [4.78, 5) is 18.3. The topological polar surface area (TPSA) is 68.9 Å². The fourth-order valence-electron chi connectivity index (χ4n) is 1.99. The van der Waals surface area contributed by atoms with E-state index in [1.807, 2.05) is 19.9 Å². The Morgan fingerprint density at radius 1 is 1.27 bits per heavy atom. The Bertz CT molecular complexity index is 796. The second-order valence-electron chi connectivity index (χ2n) is 4.65. The van der Waals surface area contributed by atoms with Crippen LogP contribution in [0.1, 0.15) is 20.1 Å². The lowest BCUT2D eigenvalue weighted by Gasteiger charge is -1.97. The first-order chi connectivity index (χ1) is 10.6. The van der Waals surface area contributed by atoms with Gasteiger partial charge in [-0.3, -0.25) is 9.78 Å². The van der Waals surface area contributed by atoms with E-state index in [2.05, 4.69) is 15.2 Å². The van der Waals surface area contributed by atoms with Gasteiger partial charge in [0, 0.05) is 33.3 Å². The number of hydrogen-bond donors (Lipinski definition) is 0. The number of ketones is 1. The molecular formula is C15H13N3O2S2. The van der Waals surface area contributed by atoms with Crippen LogP contribution in [-0.2, 0) is 0 Å². The maximum absolute atomic E-state index is 12.2. The number of Topliss-reactive ketones (excluding diaryl/α,β-unsaturated/α-hetero) is 1. The van der Waals surface area contributed by atoms with Crippen LogP contribution >= 0.6 is 23.1 Å². The minimum absolute atomic E-state index is 0.0792. The molecule has 0 bridgehead atoms. The molecule has 0 aliphatic heterocycles. The summed E-state index contributed by atoms with van der Waals surface area (Å²) in [6.45, 7) is 3.96. The van der Waals surface area contributed by atoms with Gasteiger partial charge in [-0.25, -0.2) is 0 Å². The molecule has 0 amide bonds. The molecule has 0 aromatic carbocycles. The molecule has 3 aromatic rings. The summed E-state index contributed by atoms with van der Waals surface area (Å²) < 4.78 is 5.55. The number of aryl methyl sites for hydroxylation is 2.